The molecule has 0 spiro atoms. The van der Waals surface area contributed by atoms with Crippen LogP contribution < -0.4 is 2.89 Å². The first-order chi connectivity index (χ1) is 17.1. The van der Waals surface area contributed by atoms with E-state index in [0.29, 0.717) is 5.78 Å². The van der Waals surface area contributed by atoms with Crippen LogP contribution in [-0.4, -0.2) is 24.2 Å². The zero-order valence-electron chi connectivity index (χ0n) is 24.4. The fourth-order valence-corrected chi connectivity index (χ4v) is 25.6. The maximum absolute atomic E-state index is 13.8. The van der Waals surface area contributed by atoms with Crippen molar-refractivity contribution >= 4 is 38.4 Å². The van der Waals surface area contributed by atoms with Crippen molar-refractivity contribution in [2.75, 3.05) is 0 Å². The van der Waals surface area contributed by atoms with Gasteiger partial charge >= 0.3 is 223 Å². The van der Waals surface area contributed by atoms with Gasteiger partial charge < -0.3 is 0 Å². The van der Waals surface area contributed by atoms with Crippen LogP contribution in [0.5, 0.6) is 0 Å². The van der Waals surface area contributed by atoms with E-state index < -0.39 is 18.4 Å². The molecule has 1 aromatic rings. The molecule has 204 valence electrons. The Kier molecular flexibility index (Phi) is 20.1. The second-order valence-corrected chi connectivity index (χ2v) is 26.3. The number of hydrogen-bond donors (Lipinski definition) is 0. The Morgan fingerprint density at radius 3 is 1.57 bits per heavy atom. The van der Waals surface area contributed by atoms with E-state index >= 15 is 0 Å². The molecule has 0 N–H and O–H groups in total. The Bertz CT molecular complexity index is 615. The van der Waals surface area contributed by atoms with E-state index in [4.69, 9.17) is 0 Å². The third-order valence-electron chi connectivity index (χ3n) is 8.12. The molecule has 0 aliphatic rings. The van der Waals surface area contributed by atoms with Gasteiger partial charge in [0, 0.05) is 0 Å². The van der Waals surface area contributed by atoms with Crippen LogP contribution in [0, 0.1) is 5.92 Å². The van der Waals surface area contributed by atoms with Crippen molar-refractivity contribution < 1.29 is 4.79 Å². The predicted octanol–water partition coefficient (Wildman–Crippen LogP) is 11.3. The molecule has 0 bridgehead atoms. The third kappa shape index (κ3) is 13.0. The van der Waals surface area contributed by atoms with Crippen molar-refractivity contribution in [2.24, 2.45) is 5.92 Å². The minimum atomic E-state index is -2.43. The molecule has 0 aliphatic carbocycles. The van der Waals surface area contributed by atoms with Crippen LogP contribution in [0.25, 0.3) is 0 Å². The molecule has 0 amide bonds. The van der Waals surface area contributed by atoms with Gasteiger partial charge in [0.2, 0.25) is 0 Å². The van der Waals surface area contributed by atoms with Gasteiger partial charge in [0.05, 0.1) is 0 Å². The van der Waals surface area contributed by atoms with Crippen molar-refractivity contribution in [1.82, 2.24) is 0 Å². The van der Waals surface area contributed by atoms with Crippen molar-refractivity contribution in [1.29, 1.82) is 0 Å². The Balaban J connectivity index is 2.99. The van der Waals surface area contributed by atoms with Gasteiger partial charge in [0.25, 0.3) is 0 Å². The molecule has 1 unspecified atom stereocenters. The Labute approximate surface area is 228 Å². The van der Waals surface area contributed by atoms with Crippen molar-refractivity contribution in [3.05, 3.63) is 17.0 Å². The Hall–Kier alpha value is 0.169. The zero-order chi connectivity index (χ0) is 25.8. The molecule has 1 atom stereocenters. The van der Waals surface area contributed by atoms with Gasteiger partial charge in [-0.25, -0.2) is 0 Å². The number of thiophene rings is 1. The van der Waals surface area contributed by atoms with Crippen LogP contribution >= 0.6 is 11.3 Å². The first-order valence-corrected chi connectivity index (χ1v) is 24.1. The average molecular weight is 612 g/mol. The summed E-state index contributed by atoms with van der Waals surface area (Å²) in [6.45, 7) is 11.6. The normalized spacial score (nSPS) is 12.8. The molecule has 0 fully saturated rings. The van der Waals surface area contributed by atoms with E-state index in [1.807, 2.05) is 11.3 Å². The number of carbonyl (C=O) groups excluding carboxylic acids is 1. The average Bonchev–Trinajstić information content (AvgIpc) is 3.38. The molecule has 3 heteroatoms. The number of rotatable bonds is 24. The molecule has 0 aliphatic heterocycles. The number of carbonyl (C=O) groups is 1. The Morgan fingerprint density at radius 2 is 1.09 bits per heavy atom. The number of hydrogen-bond acceptors (Lipinski definition) is 2. The van der Waals surface area contributed by atoms with E-state index in [1.54, 1.807) is 2.89 Å². The van der Waals surface area contributed by atoms with Gasteiger partial charge in [-0.15, -0.1) is 0 Å². The molecule has 1 aromatic heterocycles. The molecule has 0 radical (unpaired) electrons. The fourth-order valence-electron chi connectivity index (χ4n) is 5.66. The first kappa shape index (κ1) is 33.2. The molecule has 0 saturated carbocycles. The van der Waals surface area contributed by atoms with Crippen molar-refractivity contribution in [2.45, 2.75) is 164 Å². The van der Waals surface area contributed by atoms with Gasteiger partial charge in [-0.1, -0.05) is 6.92 Å². The second-order valence-electron chi connectivity index (χ2n) is 11.3. The summed E-state index contributed by atoms with van der Waals surface area (Å²) in [4.78, 5) is 13.8. The summed E-state index contributed by atoms with van der Waals surface area (Å²) in [5, 5.41) is 2.29. The van der Waals surface area contributed by atoms with Crippen molar-refractivity contribution in [3.63, 3.8) is 0 Å². The molecule has 0 aromatic carbocycles. The van der Waals surface area contributed by atoms with Crippen LogP contribution in [0.3, 0.4) is 0 Å². The number of Topliss-reactive ketones (excluding diaryl/α,β-unsaturated/α-hetero) is 1. The summed E-state index contributed by atoms with van der Waals surface area (Å²) in [7, 11) is 0. The van der Waals surface area contributed by atoms with Crippen LogP contribution in [0.15, 0.2) is 11.4 Å². The maximum atomic E-state index is 13.8. The Morgan fingerprint density at radius 1 is 0.657 bits per heavy atom. The first-order valence-electron chi connectivity index (χ1n) is 15.7. The summed E-state index contributed by atoms with van der Waals surface area (Å²) in [5.41, 5.74) is 1.09. The number of unbranched alkanes of at least 4 members (excludes halogenated alkanes) is 11. The van der Waals surface area contributed by atoms with Crippen LogP contribution in [0.1, 0.15) is 161 Å². The minimum absolute atomic E-state index is 0.256. The summed E-state index contributed by atoms with van der Waals surface area (Å²) < 4.78 is 6.22. The van der Waals surface area contributed by atoms with Crippen molar-refractivity contribution in [3.8, 4) is 0 Å². The molecule has 1 nitrogen and oxygen atoms in total. The van der Waals surface area contributed by atoms with Crippen LogP contribution in [0.2, 0.25) is 13.3 Å². The second kappa shape index (κ2) is 21.1. The molecule has 1 heterocycles. The number of ketones is 1. The van der Waals surface area contributed by atoms with Gasteiger partial charge in [0.1, 0.15) is 0 Å². The topological polar surface area (TPSA) is 17.1 Å². The predicted molar refractivity (Wildman–Crippen MR) is 163 cm³/mol. The SMILES string of the molecule is CCCCCCCCC(CCCCCC)C(=O)c1cs[c]([Sn]([CH2]CCC)([CH2]CCC)[CH2]CCC)c1. The van der Waals surface area contributed by atoms with E-state index in [2.05, 4.69) is 46.1 Å². The molecular formula is C32H60OSSn. The van der Waals surface area contributed by atoms with Gasteiger partial charge in [0.15, 0.2) is 0 Å². The monoisotopic (exact) mass is 612 g/mol. The standard InChI is InChI=1S/C20H33OS.3C4H9.Sn/c1-3-5-7-9-10-12-14-18(13-11-8-6-4-2)20(21)19-15-16-22-17-19;3*1-3-4-2;/h15,17-18H,3-14H2,1-2H3;3*1,3-4H2,2H3;. The van der Waals surface area contributed by atoms with Gasteiger partial charge in [-0.3, -0.25) is 0 Å². The third-order valence-corrected chi connectivity index (χ3v) is 27.4. The van der Waals surface area contributed by atoms with E-state index in [9.17, 15) is 4.79 Å². The molecule has 1 rings (SSSR count). The molecular weight excluding hydrogens is 551 g/mol. The van der Waals surface area contributed by atoms with Crippen LogP contribution in [0.4, 0.5) is 0 Å². The molecule has 35 heavy (non-hydrogen) atoms. The van der Waals surface area contributed by atoms with Gasteiger partial charge in [-0.2, -0.15) is 0 Å². The van der Waals surface area contributed by atoms with E-state index in [-0.39, 0.29) is 5.92 Å². The summed E-state index contributed by atoms with van der Waals surface area (Å²) in [5.74, 6) is 0.742. The van der Waals surface area contributed by atoms with E-state index in [0.717, 1.165) is 18.4 Å². The summed E-state index contributed by atoms with van der Waals surface area (Å²) >= 11 is -0.435. The summed E-state index contributed by atoms with van der Waals surface area (Å²) in [6.07, 6.45) is 23.3. The van der Waals surface area contributed by atoms with E-state index in [1.165, 1.54) is 116 Å². The molecule has 0 saturated heterocycles. The quantitative estimate of drug-likeness (QED) is 0.0646. The summed E-state index contributed by atoms with van der Waals surface area (Å²) in [6, 6.07) is 2.45. The van der Waals surface area contributed by atoms with Crippen LogP contribution in [-0.2, 0) is 0 Å². The fraction of sp³-hybridized carbons (Fsp3) is 0.844. The zero-order valence-corrected chi connectivity index (χ0v) is 28.1. The van der Waals surface area contributed by atoms with Gasteiger partial charge in [-0.05, 0) is 0 Å².